The second-order valence-corrected chi connectivity index (χ2v) is 6.90. The number of guanidine groups is 1. The van der Waals surface area contributed by atoms with Crippen molar-refractivity contribution >= 4 is 5.96 Å². The van der Waals surface area contributed by atoms with E-state index in [1.165, 1.54) is 6.07 Å². The summed E-state index contributed by atoms with van der Waals surface area (Å²) in [6.07, 6.45) is 0.877. The van der Waals surface area contributed by atoms with Crippen LogP contribution in [0.15, 0.2) is 23.2 Å². The highest BCUT2D eigenvalue weighted by molar-refractivity contribution is 5.80. The Morgan fingerprint density at radius 1 is 1.46 bits per heavy atom. The summed E-state index contributed by atoms with van der Waals surface area (Å²) in [7, 11) is 3.42. The molecule has 6 heteroatoms. The van der Waals surface area contributed by atoms with E-state index in [1.807, 2.05) is 6.07 Å². The molecule has 0 aromatic heterocycles. The number of nitrogens with one attached hydrogen (secondary N) is 2. The number of methoxy groups -OCH3 is 1. The Labute approximate surface area is 142 Å². The van der Waals surface area contributed by atoms with Gasteiger partial charge in [0, 0.05) is 37.7 Å². The summed E-state index contributed by atoms with van der Waals surface area (Å²) >= 11 is 0. The van der Waals surface area contributed by atoms with E-state index in [0.717, 1.165) is 6.42 Å². The lowest BCUT2D eigenvalue weighted by Crippen LogP contribution is -2.69. The van der Waals surface area contributed by atoms with Crippen molar-refractivity contribution in [1.82, 2.24) is 10.6 Å². The lowest BCUT2D eigenvalue weighted by Gasteiger charge is -2.59. The molecule has 0 radical (unpaired) electrons. The number of ether oxygens (including phenoxy) is 1. The minimum Gasteiger partial charge on any atom is -0.378 e. The fourth-order valence-corrected chi connectivity index (χ4v) is 3.02. The van der Waals surface area contributed by atoms with Gasteiger partial charge >= 0.3 is 0 Å². The maximum Gasteiger partial charge on any atom is 0.191 e. The molecule has 1 aliphatic carbocycles. The Morgan fingerprint density at radius 2 is 2.17 bits per heavy atom. The standard InChI is InChI=1S/C18H25FN4O/c1-17(2)15(9-18(17,3)24-5)23-16(21-4)22-11-13-7-6-12(10-20)8-14(13)19/h6-8,15H,9,11H2,1-5H3,(H2,21,22,23). The van der Waals surface area contributed by atoms with E-state index in [4.69, 9.17) is 10.00 Å². The molecule has 2 unspecified atom stereocenters. The number of nitriles is 1. The Morgan fingerprint density at radius 3 is 2.67 bits per heavy atom. The van der Waals surface area contributed by atoms with E-state index in [1.54, 1.807) is 26.3 Å². The molecule has 0 amide bonds. The fraction of sp³-hybridized carbons (Fsp3) is 0.556. The average Bonchev–Trinajstić information content (AvgIpc) is 2.57. The second kappa shape index (κ2) is 6.78. The third kappa shape index (κ3) is 3.22. The minimum atomic E-state index is -0.395. The van der Waals surface area contributed by atoms with Crippen molar-refractivity contribution in [3.63, 3.8) is 0 Å². The Bertz CT molecular complexity index is 680. The van der Waals surface area contributed by atoms with Crippen LogP contribution in [0.2, 0.25) is 0 Å². The molecule has 0 bridgehead atoms. The number of nitrogens with zero attached hydrogens (tertiary/aromatic N) is 2. The van der Waals surface area contributed by atoms with Crippen molar-refractivity contribution in [2.75, 3.05) is 14.2 Å². The molecule has 1 saturated carbocycles. The van der Waals surface area contributed by atoms with Crippen molar-refractivity contribution in [3.05, 3.63) is 35.1 Å². The van der Waals surface area contributed by atoms with Crippen molar-refractivity contribution < 1.29 is 9.13 Å². The number of halogens is 1. The summed E-state index contributed by atoms with van der Waals surface area (Å²) in [6.45, 7) is 6.72. The summed E-state index contributed by atoms with van der Waals surface area (Å²) in [4.78, 5) is 4.21. The zero-order valence-corrected chi connectivity index (χ0v) is 14.9. The number of hydrogen-bond acceptors (Lipinski definition) is 3. The van der Waals surface area contributed by atoms with Gasteiger partial charge in [-0.25, -0.2) is 4.39 Å². The van der Waals surface area contributed by atoms with Gasteiger partial charge in [-0.2, -0.15) is 5.26 Å². The van der Waals surface area contributed by atoms with Gasteiger partial charge in [0.1, 0.15) is 5.82 Å². The van der Waals surface area contributed by atoms with Crippen LogP contribution in [-0.2, 0) is 11.3 Å². The molecule has 1 aliphatic rings. The van der Waals surface area contributed by atoms with E-state index in [0.29, 0.717) is 23.6 Å². The predicted octanol–water partition coefficient (Wildman–Crippen LogP) is 2.57. The smallest absolute Gasteiger partial charge is 0.191 e. The van der Waals surface area contributed by atoms with Crippen molar-refractivity contribution in [2.24, 2.45) is 10.4 Å². The van der Waals surface area contributed by atoms with Gasteiger partial charge < -0.3 is 15.4 Å². The molecule has 1 aromatic rings. The van der Waals surface area contributed by atoms with Crippen LogP contribution < -0.4 is 10.6 Å². The van der Waals surface area contributed by atoms with Crippen LogP contribution in [0.1, 0.15) is 38.3 Å². The zero-order chi connectivity index (χ0) is 18.0. The first kappa shape index (κ1) is 18.2. The van der Waals surface area contributed by atoms with Crippen molar-refractivity contribution in [1.29, 1.82) is 5.26 Å². The van der Waals surface area contributed by atoms with Crippen molar-refractivity contribution in [3.8, 4) is 6.07 Å². The van der Waals surface area contributed by atoms with Crippen LogP contribution in [0.3, 0.4) is 0 Å². The van der Waals surface area contributed by atoms with E-state index >= 15 is 0 Å². The van der Waals surface area contributed by atoms with Crippen LogP contribution >= 0.6 is 0 Å². The van der Waals surface area contributed by atoms with E-state index in [-0.39, 0.29) is 17.1 Å². The number of hydrogen-bond donors (Lipinski definition) is 2. The first-order valence-electron chi connectivity index (χ1n) is 7.98. The molecular weight excluding hydrogens is 307 g/mol. The molecule has 0 heterocycles. The molecule has 2 atom stereocenters. The molecule has 1 aromatic carbocycles. The van der Waals surface area contributed by atoms with E-state index in [9.17, 15) is 4.39 Å². The highest BCUT2D eigenvalue weighted by Gasteiger charge is 2.58. The SMILES string of the molecule is CN=C(NCc1ccc(C#N)cc1F)NC1CC(C)(OC)C1(C)C. The first-order valence-corrected chi connectivity index (χ1v) is 7.98. The summed E-state index contributed by atoms with van der Waals surface area (Å²) in [5.74, 6) is 0.225. The lowest BCUT2D eigenvalue weighted by atomic mass is 9.56. The molecular formula is C18H25FN4O. The molecule has 2 N–H and O–H groups in total. The van der Waals surface area contributed by atoms with Crippen LogP contribution in [0.5, 0.6) is 0 Å². The topological polar surface area (TPSA) is 69.4 Å². The minimum absolute atomic E-state index is 0.0426. The Kier molecular flexibility index (Phi) is 5.14. The molecule has 5 nitrogen and oxygen atoms in total. The molecule has 2 rings (SSSR count). The summed E-state index contributed by atoms with van der Waals surface area (Å²) in [5, 5.41) is 15.3. The number of rotatable bonds is 4. The average molecular weight is 332 g/mol. The van der Waals surface area contributed by atoms with Gasteiger partial charge in [0.25, 0.3) is 0 Å². The van der Waals surface area contributed by atoms with Crippen LogP contribution in [-0.4, -0.2) is 31.8 Å². The predicted molar refractivity (Wildman–Crippen MR) is 92.0 cm³/mol. The maximum absolute atomic E-state index is 13.9. The normalized spacial score (nSPS) is 25.5. The number of aliphatic imine (C=N–C) groups is 1. The summed E-state index contributed by atoms with van der Waals surface area (Å²) < 4.78 is 19.6. The largest absolute Gasteiger partial charge is 0.378 e. The maximum atomic E-state index is 13.9. The quantitative estimate of drug-likeness (QED) is 0.657. The van der Waals surface area contributed by atoms with Gasteiger partial charge in [-0.05, 0) is 25.5 Å². The van der Waals surface area contributed by atoms with Crippen LogP contribution in [0.25, 0.3) is 0 Å². The third-order valence-corrected chi connectivity index (χ3v) is 5.44. The number of benzene rings is 1. The van der Waals surface area contributed by atoms with Gasteiger partial charge in [0.2, 0.25) is 0 Å². The highest BCUT2D eigenvalue weighted by Crippen LogP contribution is 2.51. The monoisotopic (exact) mass is 332 g/mol. The third-order valence-electron chi connectivity index (χ3n) is 5.44. The van der Waals surface area contributed by atoms with Gasteiger partial charge in [0.05, 0.1) is 17.2 Å². The Balaban J connectivity index is 1.96. The molecule has 130 valence electrons. The van der Waals surface area contributed by atoms with Gasteiger partial charge in [-0.15, -0.1) is 0 Å². The second-order valence-electron chi connectivity index (χ2n) is 6.90. The van der Waals surface area contributed by atoms with E-state index < -0.39 is 5.82 Å². The van der Waals surface area contributed by atoms with Gasteiger partial charge in [-0.3, -0.25) is 4.99 Å². The molecule has 0 spiro atoms. The first-order chi connectivity index (χ1) is 11.3. The molecule has 0 saturated heterocycles. The lowest BCUT2D eigenvalue weighted by molar-refractivity contribution is -0.176. The highest BCUT2D eigenvalue weighted by atomic mass is 19.1. The summed E-state index contributed by atoms with van der Waals surface area (Å²) in [5.41, 5.74) is 0.599. The van der Waals surface area contributed by atoms with Crippen LogP contribution in [0, 0.1) is 22.6 Å². The van der Waals surface area contributed by atoms with Crippen LogP contribution in [0.4, 0.5) is 4.39 Å². The summed E-state index contributed by atoms with van der Waals surface area (Å²) in [6, 6.07) is 6.61. The van der Waals surface area contributed by atoms with Gasteiger partial charge in [-0.1, -0.05) is 19.9 Å². The fourth-order valence-electron chi connectivity index (χ4n) is 3.02. The Hall–Kier alpha value is -2.13. The zero-order valence-electron chi connectivity index (χ0n) is 14.9. The molecule has 0 aliphatic heterocycles. The molecule has 24 heavy (non-hydrogen) atoms. The van der Waals surface area contributed by atoms with Crippen molar-refractivity contribution in [2.45, 2.75) is 45.4 Å². The van der Waals surface area contributed by atoms with E-state index in [2.05, 4.69) is 36.4 Å². The molecule has 1 fully saturated rings. The van der Waals surface area contributed by atoms with Gasteiger partial charge in [0.15, 0.2) is 5.96 Å².